The first-order valence-electron chi connectivity index (χ1n) is 8.38. The number of hydrogen-bond donors (Lipinski definition) is 1. The summed E-state index contributed by atoms with van der Waals surface area (Å²) in [7, 11) is 0. The molecule has 4 aromatic rings. The van der Waals surface area contributed by atoms with E-state index < -0.39 is 0 Å². The molecule has 0 atom stereocenters. The lowest BCUT2D eigenvalue weighted by molar-refractivity contribution is 0.629. The van der Waals surface area contributed by atoms with Crippen molar-refractivity contribution >= 4 is 28.5 Å². The van der Waals surface area contributed by atoms with Gasteiger partial charge in [-0.1, -0.05) is 18.2 Å². The smallest absolute Gasteiger partial charge is 0.224 e. The van der Waals surface area contributed by atoms with Crippen molar-refractivity contribution in [2.45, 2.75) is 6.54 Å². The number of imidazole rings is 1. The molecular weight excluding hydrogens is 391 g/mol. The van der Waals surface area contributed by atoms with Crippen LogP contribution in [0.3, 0.4) is 0 Å². The number of terminal acetylenes is 1. The van der Waals surface area contributed by atoms with Crippen LogP contribution in [0.1, 0.15) is 11.4 Å². The van der Waals surface area contributed by atoms with Gasteiger partial charge in [-0.05, 0) is 35.9 Å². The minimum absolute atomic E-state index is 0.0372. The Morgan fingerprint density at radius 3 is 2.62 bits per heavy atom. The first kappa shape index (κ1) is 19.8. The number of halogens is 2. The van der Waals surface area contributed by atoms with Gasteiger partial charge >= 0.3 is 0 Å². The van der Waals surface area contributed by atoms with E-state index in [-0.39, 0.29) is 23.2 Å². The zero-order valence-electron chi connectivity index (χ0n) is 15.0. The quantitative estimate of drug-likeness (QED) is 0.404. The van der Waals surface area contributed by atoms with E-state index in [1.54, 1.807) is 6.07 Å². The van der Waals surface area contributed by atoms with Gasteiger partial charge < -0.3 is 5.32 Å². The van der Waals surface area contributed by atoms with E-state index in [1.807, 2.05) is 41.0 Å². The maximum atomic E-state index is 13.8. The van der Waals surface area contributed by atoms with E-state index in [0.29, 0.717) is 22.7 Å². The molecule has 0 bridgehead atoms. The van der Waals surface area contributed by atoms with Crippen LogP contribution < -0.4 is 5.32 Å². The SMILES string of the molecule is C#C.N#Cc1cnc(Cl)nc1NCc1nc2ccc(F)cc2n1-c1ccccc1. The van der Waals surface area contributed by atoms with E-state index >= 15 is 0 Å². The Hall–Kier alpha value is -3.94. The number of aromatic nitrogens is 4. The van der Waals surface area contributed by atoms with Crippen LogP contribution in [0, 0.1) is 30.0 Å². The molecule has 4 rings (SSSR count). The Balaban J connectivity index is 0.00000117. The lowest BCUT2D eigenvalue weighted by atomic mass is 10.2. The van der Waals surface area contributed by atoms with Gasteiger partial charge in [-0.25, -0.2) is 14.4 Å². The zero-order chi connectivity index (χ0) is 20.8. The van der Waals surface area contributed by atoms with Crippen molar-refractivity contribution in [2.24, 2.45) is 0 Å². The highest BCUT2D eigenvalue weighted by molar-refractivity contribution is 6.28. The number of fused-ring (bicyclic) bond motifs is 1. The van der Waals surface area contributed by atoms with Gasteiger partial charge in [0.15, 0.2) is 0 Å². The van der Waals surface area contributed by atoms with E-state index in [0.717, 1.165) is 5.69 Å². The van der Waals surface area contributed by atoms with Crippen LogP contribution in [0.2, 0.25) is 5.28 Å². The second-order valence-electron chi connectivity index (χ2n) is 5.70. The molecule has 0 saturated carbocycles. The first-order chi connectivity index (χ1) is 14.2. The molecule has 0 aliphatic heterocycles. The third-order valence-electron chi connectivity index (χ3n) is 3.99. The molecule has 0 fully saturated rings. The fourth-order valence-electron chi connectivity index (χ4n) is 2.82. The fraction of sp³-hybridized carbons (Fsp3) is 0.0476. The summed E-state index contributed by atoms with van der Waals surface area (Å²) in [6, 6.07) is 16.0. The molecule has 0 radical (unpaired) electrons. The van der Waals surface area contributed by atoms with Crippen LogP contribution in [-0.4, -0.2) is 19.5 Å². The molecule has 29 heavy (non-hydrogen) atoms. The van der Waals surface area contributed by atoms with Crippen molar-refractivity contribution in [2.75, 3.05) is 5.32 Å². The maximum Gasteiger partial charge on any atom is 0.224 e. The van der Waals surface area contributed by atoms with Crippen molar-refractivity contribution in [3.63, 3.8) is 0 Å². The molecule has 0 saturated heterocycles. The first-order valence-corrected chi connectivity index (χ1v) is 8.75. The average molecular weight is 405 g/mol. The van der Waals surface area contributed by atoms with Crippen molar-refractivity contribution in [3.8, 4) is 24.6 Å². The summed E-state index contributed by atoms with van der Waals surface area (Å²) >= 11 is 5.83. The van der Waals surface area contributed by atoms with Crippen molar-refractivity contribution < 1.29 is 4.39 Å². The molecule has 6 nitrogen and oxygen atoms in total. The summed E-state index contributed by atoms with van der Waals surface area (Å²) in [5.41, 5.74) is 2.44. The Morgan fingerprint density at radius 2 is 1.90 bits per heavy atom. The molecule has 2 heterocycles. The van der Waals surface area contributed by atoms with Crippen molar-refractivity contribution in [1.29, 1.82) is 5.26 Å². The topological polar surface area (TPSA) is 79.4 Å². The number of nitrogens with zero attached hydrogens (tertiary/aromatic N) is 5. The predicted octanol–water partition coefficient (Wildman–Crippen LogP) is 4.34. The third kappa shape index (κ3) is 4.16. The highest BCUT2D eigenvalue weighted by atomic mass is 35.5. The molecule has 0 amide bonds. The molecular formula is C21H14ClFN6. The monoisotopic (exact) mass is 404 g/mol. The van der Waals surface area contributed by atoms with Gasteiger partial charge in [0.05, 0.1) is 23.8 Å². The average Bonchev–Trinajstić information content (AvgIpc) is 3.12. The maximum absolute atomic E-state index is 13.8. The molecule has 0 aliphatic carbocycles. The minimum atomic E-state index is -0.339. The number of hydrogen-bond acceptors (Lipinski definition) is 5. The molecule has 142 valence electrons. The van der Waals surface area contributed by atoms with Gasteiger partial charge in [0.1, 0.15) is 29.1 Å². The molecule has 2 aromatic carbocycles. The second-order valence-corrected chi connectivity index (χ2v) is 6.04. The van der Waals surface area contributed by atoms with Crippen LogP contribution >= 0.6 is 11.6 Å². The number of nitrogens with one attached hydrogen (secondary N) is 1. The van der Waals surface area contributed by atoms with Crippen LogP contribution in [0.25, 0.3) is 16.7 Å². The number of anilines is 1. The molecule has 2 aromatic heterocycles. The normalized spacial score (nSPS) is 10.0. The van der Waals surface area contributed by atoms with E-state index in [1.165, 1.54) is 18.3 Å². The van der Waals surface area contributed by atoms with Crippen LogP contribution in [0.15, 0.2) is 54.7 Å². The predicted molar refractivity (Wildman–Crippen MR) is 110 cm³/mol. The summed E-state index contributed by atoms with van der Waals surface area (Å²) < 4.78 is 15.7. The van der Waals surface area contributed by atoms with Crippen LogP contribution in [-0.2, 0) is 6.54 Å². The zero-order valence-corrected chi connectivity index (χ0v) is 15.8. The Labute approximate surface area is 171 Å². The highest BCUT2D eigenvalue weighted by Gasteiger charge is 2.14. The number of nitriles is 1. The van der Waals surface area contributed by atoms with Crippen molar-refractivity contribution in [3.05, 3.63) is 77.2 Å². The summed E-state index contributed by atoms with van der Waals surface area (Å²) in [5.74, 6) is 0.615. The lowest BCUT2D eigenvalue weighted by Gasteiger charge is -2.11. The number of para-hydroxylation sites is 1. The molecule has 0 spiro atoms. The largest absolute Gasteiger partial charge is 0.362 e. The standard InChI is InChI=1S/C19H12ClFN6.C2H2/c20-19-24-10-12(9-22)18(26-19)23-11-17-25-15-7-6-13(21)8-16(15)27(17)14-4-2-1-3-5-14;1-2/h1-8,10H,11H2,(H,23,24,26);1-2H. The van der Waals surface area contributed by atoms with Gasteiger partial charge in [-0.15, -0.1) is 12.8 Å². The summed E-state index contributed by atoms with van der Waals surface area (Å²) in [4.78, 5) is 12.5. The molecule has 0 aliphatic rings. The molecule has 1 N–H and O–H groups in total. The van der Waals surface area contributed by atoms with Gasteiger partial charge in [0.25, 0.3) is 0 Å². The van der Waals surface area contributed by atoms with Crippen LogP contribution in [0.5, 0.6) is 0 Å². The Kier molecular flexibility index (Phi) is 6.03. The van der Waals surface area contributed by atoms with Gasteiger partial charge in [-0.3, -0.25) is 4.57 Å². The highest BCUT2D eigenvalue weighted by Crippen LogP contribution is 2.23. The fourth-order valence-corrected chi connectivity index (χ4v) is 2.96. The van der Waals surface area contributed by atoms with Gasteiger partial charge in [0, 0.05) is 11.8 Å². The summed E-state index contributed by atoms with van der Waals surface area (Å²) in [5, 5.41) is 12.3. The second kappa shape index (κ2) is 8.83. The van der Waals surface area contributed by atoms with Crippen molar-refractivity contribution in [1.82, 2.24) is 19.5 Å². The number of rotatable bonds is 4. The van der Waals surface area contributed by atoms with Gasteiger partial charge in [0.2, 0.25) is 5.28 Å². The van der Waals surface area contributed by atoms with E-state index in [2.05, 4.69) is 33.1 Å². The molecule has 8 heteroatoms. The number of benzene rings is 2. The third-order valence-corrected chi connectivity index (χ3v) is 4.18. The van der Waals surface area contributed by atoms with E-state index in [9.17, 15) is 9.65 Å². The van der Waals surface area contributed by atoms with E-state index in [4.69, 9.17) is 11.6 Å². The minimum Gasteiger partial charge on any atom is -0.362 e. The Bertz CT molecular complexity index is 1210. The summed E-state index contributed by atoms with van der Waals surface area (Å²) in [6.45, 7) is 0.257. The summed E-state index contributed by atoms with van der Waals surface area (Å²) in [6.07, 6.45) is 9.35. The van der Waals surface area contributed by atoms with Gasteiger partial charge in [-0.2, -0.15) is 10.2 Å². The van der Waals surface area contributed by atoms with Crippen LogP contribution in [0.4, 0.5) is 10.2 Å². The Morgan fingerprint density at radius 1 is 1.14 bits per heavy atom. The molecule has 0 unspecified atom stereocenters. The lowest BCUT2D eigenvalue weighted by Crippen LogP contribution is -2.10.